The Balaban J connectivity index is 0.00000144. The average Bonchev–Trinajstić information content (AvgIpc) is 3.05. The molecule has 1 aliphatic heterocycles. The molecule has 1 aromatic heterocycles. The molecule has 1 aromatic carbocycles. The van der Waals surface area contributed by atoms with E-state index in [1.54, 1.807) is 5.38 Å². The lowest BCUT2D eigenvalue weighted by Gasteiger charge is -2.34. The van der Waals surface area contributed by atoms with Gasteiger partial charge in [-0.15, -0.1) is 36.2 Å². The van der Waals surface area contributed by atoms with Crippen LogP contribution in [0.4, 0.5) is 0 Å². The first-order valence-corrected chi connectivity index (χ1v) is 8.34. The van der Waals surface area contributed by atoms with Crippen LogP contribution in [0.3, 0.4) is 0 Å². The van der Waals surface area contributed by atoms with E-state index in [1.807, 2.05) is 11.0 Å². The zero-order valence-corrected chi connectivity index (χ0v) is 15.7. The van der Waals surface area contributed by atoms with Gasteiger partial charge < -0.3 is 10.6 Å². The molecule has 1 amide bonds. The summed E-state index contributed by atoms with van der Waals surface area (Å²) in [5.74, 6) is 0.0234. The lowest BCUT2D eigenvalue weighted by molar-refractivity contribution is 0.0623. The number of carbonyl (C=O) groups is 1. The van der Waals surface area contributed by atoms with E-state index < -0.39 is 0 Å². The summed E-state index contributed by atoms with van der Waals surface area (Å²) in [6.07, 6.45) is 0. The van der Waals surface area contributed by atoms with Gasteiger partial charge in [0.2, 0.25) is 0 Å². The number of hydrogen-bond donors (Lipinski definition) is 1. The van der Waals surface area contributed by atoms with E-state index in [0.29, 0.717) is 12.2 Å². The molecule has 2 heterocycles. The van der Waals surface area contributed by atoms with E-state index in [9.17, 15) is 4.79 Å². The first-order valence-electron chi connectivity index (χ1n) is 7.46. The smallest absolute Gasteiger partial charge is 0.273 e. The first kappa shape index (κ1) is 20.9. The van der Waals surface area contributed by atoms with Gasteiger partial charge in [0.1, 0.15) is 10.7 Å². The molecule has 0 atom stereocenters. The van der Waals surface area contributed by atoms with Crippen LogP contribution in [0, 0.1) is 0 Å². The third kappa shape index (κ3) is 5.16. The highest BCUT2D eigenvalue weighted by molar-refractivity contribution is 7.09. The van der Waals surface area contributed by atoms with E-state index in [2.05, 4.69) is 34.1 Å². The van der Waals surface area contributed by atoms with Crippen molar-refractivity contribution in [1.29, 1.82) is 0 Å². The van der Waals surface area contributed by atoms with Crippen LogP contribution in [0.15, 0.2) is 35.7 Å². The monoisotopic (exact) mass is 388 g/mol. The molecule has 132 valence electrons. The standard InChI is InChI=1S/C16H20N4OS.2ClH/c17-10-15-18-14(12-22-15)16(21)20-8-6-19(7-9-20)11-13-4-2-1-3-5-13;;/h1-5,12H,6-11,17H2;2*1H. The van der Waals surface area contributed by atoms with Crippen LogP contribution >= 0.6 is 36.2 Å². The summed E-state index contributed by atoms with van der Waals surface area (Å²) in [6, 6.07) is 10.4. The van der Waals surface area contributed by atoms with E-state index in [1.165, 1.54) is 16.9 Å². The number of thiazole rings is 1. The number of amides is 1. The number of nitrogens with zero attached hydrogens (tertiary/aromatic N) is 3. The minimum Gasteiger partial charge on any atom is -0.335 e. The molecule has 2 aromatic rings. The van der Waals surface area contributed by atoms with Crippen molar-refractivity contribution in [1.82, 2.24) is 14.8 Å². The average molecular weight is 389 g/mol. The molecule has 3 rings (SSSR count). The summed E-state index contributed by atoms with van der Waals surface area (Å²) in [6.45, 7) is 4.63. The number of nitrogens with two attached hydrogens (primary N) is 1. The molecule has 0 aliphatic carbocycles. The molecular formula is C16H22Cl2N4OS. The van der Waals surface area contributed by atoms with Gasteiger partial charge in [0.25, 0.3) is 5.91 Å². The number of piperazine rings is 1. The quantitative estimate of drug-likeness (QED) is 0.873. The van der Waals surface area contributed by atoms with Gasteiger partial charge in [-0.3, -0.25) is 9.69 Å². The Bertz CT molecular complexity index is 630. The Labute approximate surface area is 158 Å². The molecule has 0 saturated carbocycles. The van der Waals surface area contributed by atoms with Gasteiger partial charge in [-0.05, 0) is 5.56 Å². The van der Waals surface area contributed by atoms with Gasteiger partial charge in [0, 0.05) is 44.6 Å². The third-order valence-electron chi connectivity index (χ3n) is 3.85. The van der Waals surface area contributed by atoms with Crippen LogP contribution in [-0.4, -0.2) is 46.9 Å². The van der Waals surface area contributed by atoms with Crippen molar-refractivity contribution in [3.8, 4) is 0 Å². The number of carbonyl (C=O) groups excluding carboxylic acids is 1. The molecule has 0 spiro atoms. The molecule has 0 bridgehead atoms. The SMILES string of the molecule is Cl.Cl.NCc1nc(C(=O)N2CCN(Cc3ccccc3)CC2)cs1. The van der Waals surface area contributed by atoms with Crippen molar-refractivity contribution in [3.63, 3.8) is 0 Å². The van der Waals surface area contributed by atoms with Crippen LogP contribution in [0.1, 0.15) is 21.1 Å². The predicted molar refractivity (Wildman–Crippen MR) is 102 cm³/mol. The summed E-state index contributed by atoms with van der Waals surface area (Å²) in [5, 5.41) is 2.62. The molecule has 1 saturated heterocycles. The minimum absolute atomic E-state index is 0. The Kier molecular flexibility index (Phi) is 8.66. The molecule has 1 aliphatic rings. The van der Waals surface area contributed by atoms with Crippen molar-refractivity contribution in [2.24, 2.45) is 5.73 Å². The zero-order chi connectivity index (χ0) is 15.4. The summed E-state index contributed by atoms with van der Waals surface area (Å²) in [4.78, 5) is 21.0. The summed E-state index contributed by atoms with van der Waals surface area (Å²) < 4.78 is 0. The number of aromatic nitrogens is 1. The second-order valence-electron chi connectivity index (χ2n) is 5.38. The maximum absolute atomic E-state index is 12.4. The minimum atomic E-state index is 0. The second-order valence-corrected chi connectivity index (χ2v) is 6.33. The third-order valence-corrected chi connectivity index (χ3v) is 4.73. The van der Waals surface area contributed by atoms with Gasteiger partial charge in [-0.2, -0.15) is 0 Å². The van der Waals surface area contributed by atoms with Gasteiger partial charge in [0.15, 0.2) is 0 Å². The Morgan fingerprint density at radius 3 is 2.38 bits per heavy atom. The van der Waals surface area contributed by atoms with Crippen molar-refractivity contribution < 1.29 is 4.79 Å². The maximum atomic E-state index is 12.4. The van der Waals surface area contributed by atoms with E-state index in [4.69, 9.17) is 5.73 Å². The summed E-state index contributed by atoms with van der Waals surface area (Å²) in [5.41, 5.74) is 7.39. The molecular weight excluding hydrogens is 367 g/mol. The van der Waals surface area contributed by atoms with Crippen molar-refractivity contribution in [2.75, 3.05) is 26.2 Å². The Morgan fingerprint density at radius 2 is 1.79 bits per heavy atom. The van der Waals surface area contributed by atoms with E-state index in [-0.39, 0.29) is 30.7 Å². The van der Waals surface area contributed by atoms with Gasteiger partial charge in [-0.1, -0.05) is 30.3 Å². The molecule has 1 fully saturated rings. The Morgan fingerprint density at radius 1 is 1.12 bits per heavy atom. The van der Waals surface area contributed by atoms with Gasteiger partial charge >= 0.3 is 0 Å². The zero-order valence-electron chi connectivity index (χ0n) is 13.3. The second kappa shape index (κ2) is 9.96. The summed E-state index contributed by atoms with van der Waals surface area (Å²) in [7, 11) is 0. The topological polar surface area (TPSA) is 62.5 Å². The van der Waals surface area contributed by atoms with Crippen molar-refractivity contribution >= 4 is 42.1 Å². The highest BCUT2D eigenvalue weighted by atomic mass is 35.5. The lowest BCUT2D eigenvalue weighted by Crippen LogP contribution is -2.48. The highest BCUT2D eigenvalue weighted by Crippen LogP contribution is 2.14. The first-order chi connectivity index (χ1) is 10.8. The number of benzene rings is 1. The lowest BCUT2D eigenvalue weighted by atomic mass is 10.2. The van der Waals surface area contributed by atoms with E-state index in [0.717, 1.165) is 37.7 Å². The fraction of sp³-hybridized carbons (Fsp3) is 0.375. The molecule has 24 heavy (non-hydrogen) atoms. The molecule has 5 nitrogen and oxygen atoms in total. The highest BCUT2D eigenvalue weighted by Gasteiger charge is 2.23. The predicted octanol–water partition coefficient (Wildman–Crippen LogP) is 2.40. The van der Waals surface area contributed by atoms with Crippen LogP contribution in [-0.2, 0) is 13.1 Å². The molecule has 0 radical (unpaired) electrons. The maximum Gasteiger partial charge on any atom is 0.273 e. The normalized spacial score (nSPS) is 14.6. The van der Waals surface area contributed by atoms with Crippen LogP contribution < -0.4 is 5.73 Å². The van der Waals surface area contributed by atoms with Crippen molar-refractivity contribution in [2.45, 2.75) is 13.1 Å². The fourth-order valence-corrected chi connectivity index (χ4v) is 3.26. The Hall–Kier alpha value is -1.18. The number of hydrogen-bond acceptors (Lipinski definition) is 5. The molecule has 8 heteroatoms. The molecule has 2 N–H and O–H groups in total. The largest absolute Gasteiger partial charge is 0.335 e. The van der Waals surface area contributed by atoms with Crippen LogP contribution in [0.2, 0.25) is 0 Å². The van der Waals surface area contributed by atoms with Crippen LogP contribution in [0.5, 0.6) is 0 Å². The summed E-state index contributed by atoms with van der Waals surface area (Å²) >= 11 is 1.45. The fourth-order valence-electron chi connectivity index (χ4n) is 2.62. The molecule has 0 unspecified atom stereocenters. The van der Waals surface area contributed by atoms with Crippen LogP contribution in [0.25, 0.3) is 0 Å². The number of rotatable bonds is 4. The van der Waals surface area contributed by atoms with E-state index >= 15 is 0 Å². The van der Waals surface area contributed by atoms with Gasteiger partial charge in [0.05, 0.1) is 0 Å². The van der Waals surface area contributed by atoms with Crippen molar-refractivity contribution in [3.05, 3.63) is 52.0 Å². The number of halogens is 2. The van der Waals surface area contributed by atoms with Gasteiger partial charge in [-0.25, -0.2) is 4.98 Å².